The van der Waals surface area contributed by atoms with Crippen LogP contribution in [0.1, 0.15) is 23.2 Å². The van der Waals surface area contributed by atoms with Gasteiger partial charge in [0.2, 0.25) is 0 Å². The smallest absolute Gasteiger partial charge is 0.255 e. The van der Waals surface area contributed by atoms with E-state index in [9.17, 15) is 9.18 Å². The van der Waals surface area contributed by atoms with Gasteiger partial charge in [-0.05, 0) is 49.2 Å². The van der Waals surface area contributed by atoms with Gasteiger partial charge in [0.1, 0.15) is 5.82 Å². The molecule has 1 aliphatic heterocycles. The van der Waals surface area contributed by atoms with E-state index < -0.39 is 0 Å². The van der Waals surface area contributed by atoms with Crippen molar-refractivity contribution in [1.82, 2.24) is 14.9 Å². The zero-order chi connectivity index (χ0) is 16.5. The number of fused-ring (bicyclic) bond motifs is 1. The molecule has 1 saturated heterocycles. The first kappa shape index (κ1) is 14.8. The van der Waals surface area contributed by atoms with Gasteiger partial charge in [-0.15, -0.1) is 0 Å². The normalized spacial score (nSPS) is 14.3. The molecule has 3 heterocycles. The molecule has 120 valence electrons. The molecular formula is C19H16FN3O. The van der Waals surface area contributed by atoms with Crippen molar-refractivity contribution >= 4 is 16.8 Å². The lowest BCUT2D eigenvalue weighted by molar-refractivity contribution is 0.0792. The molecule has 1 amide bonds. The van der Waals surface area contributed by atoms with Gasteiger partial charge in [0, 0.05) is 36.4 Å². The van der Waals surface area contributed by atoms with Gasteiger partial charge in [0.25, 0.3) is 5.91 Å². The van der Waals surface area contributed by atoms with Crippen LogP contribution in [0.2, 0.25) is 0 Å². The van der Waals surface area contributed by atoms with Crippen LogP contribution in [0.3, 0.4) is 0 Å². The SMILES string of the molecule is O=C(c1ccc(-c2ccc(F)c3cccnc23)nc1)N1CCCC1. The first-order valence-corrected chi connectivity index (χ1v) is 8.03. The second-order valence-corrected chi connectivity index (χ2v) is 5.93. The van der Waals surface area contributed by atoms with E-state index in [2.05, 4.69) is 9.97 Å². The van der Waals surface area contributed by atoms with Crippen LogP contribution in [-0.4, -0.2) is 33.9 Å². The molecule has 2 aromatic heterocycles. The van der Waals surface area contributed by atoms with Gasteiger partial charge in [0.05, 0.1) is 16.8 Å². The van der Waals surface area contributed by atoms with E-state index in [4.69, 9.17) is 0 Å². The van der Waals surface area contributed by atoms with Crippen LogP contribution in [0.5, 0.6) is 0 Å². The number of nitrogens with zero attached hydrogens (tertiary/aromatic N) is 3. The lowest BCUT2D eigenvalue weighted by Crippen LogP contribution is -2.27. The average Bonchev–Trinajstić information content (AvgIpc) is 3.17. The van der Waals surface area contributed by atoms with Crippen molar-refractivity contribution in [2.45, 2.75) is 12.8 Å². The summed E-state index contributed by atoms with van der Waals surface area (Å²) in [6.07, 6.45) is 5.35. The highest BCUT2D eigenvalue weighted by atomic mass is 19.1. The van der Waals surface area contributed by atoms with Crippen molar-refractivity contribution in [2.24, 2.45) is 0 Å². The molecule has 5 heteroatoms. The zero-order valence-corrected chi connectivity index (χ0v) is 13.1. The molecule has 0 N–H and O–H groups in total. The van der Waals surface area contributed by atoms with Crippen LogP contribution in [-0.2, 0) is 0 Å². The molecule has 1 aromatic carbocycles. The Morgan fingerprint density at radius 3 is 2.62 bits per heavy atom. The molecule has 4 nitrogen and oxygen atoms in total. The predicted octanol–water partition coefficient (Wildman–Crippen LogP) is 3.67. The Morgan fingerprint density at radius 1 is 1.04 bits per heavy atom. The largest absolute Gasteiger partial charge is 0.339 e. The summed E-state index contributed by atoms with van der Waals surface area (Å²) >= 11 is 0. The quantitative estimate of drug-likeness (QED) is 0.723. The van der Waals surface area contributed by atoms with Crippen LogP contribution in [0.4, 0.5) is 4.39 Å². The number of rotatable bonds is 2. The molecule has 0 spiro atoms. The minimum absolute atomic E-state index is 0.0219. The minimum Gasteiger partial charge on any atom is -0.339 e. The minimum atomic E-state index is -0.303. The number of halogens is 1. The molecule has 0 unspecified atom stereocenters. The predicted molar refractivity (Wildman–Crippen MR) is 90.1 cm³/mol. The van der Waals surface area contributed by atoms with Gasteiger partial charge in [-0.2, -0.15) is 0 Å². The van der Waals surface area contributed by atoms with Crippen molar-refractivity contribution in [1.29, 1.82) is 0 Å². The van der Waals surface area contributed by atoms with Crippen molar-refractivity contribution < 1.29 is 9.18 Å². The molecule has 1 aliphatic rings. The van der Waals surface area contributed by atoms with E-state index in [1.54, 1.807) is 42.7 Å². The Kier molecular flexibility index (Phi) is 3.69. The van der Waals surface area contributed by atoms with Gasteiger partial charge >= 0.3 is 0 Å². The van der Waals surface area contributed by atoms with E-state index in [0.717, 1.165) is 31.5 Å². The fraction of sp³-hybridized carbons (Fsp3) is 0.211. The number of carbonyl (C=O) groups excluding carboxylic acids is 1. The number of aromatic nitrogens is 2. The van der Waals surface area contributed by atoms with Crippen LogP contribution in [0.25, 0.3) is 22.2 Å². The lowest BCUT2D eigenvalue weighted by atomic mass is 10.1. The number of likely N-dealkylation sites (tertiary alicyclic amines) is 1. The number of carbonyl (C=O) groups is 1. The molecule has 0 saturated carbocycles. The number of benzene rings is 1. The molecule has 4 rings (SSSR count). The summed E-state index contributed by atoms with van der Waals surface area (Å²) in [5, 5.41) is 0.467. The third kappa shape index (κ3) is 2.52. The summed E-state index contributed by atoms with van der Waals surface area (Å²) in [7, 11) is 0. The summed E-state index contributed by atoms with van der Waals surface area (Å²) in [5.41, 5.74) is 2.59. The van der Waals surface area contributed by atoms with E-state index in [1.165, 1.54) is 6.07 Å². The third-order valence-electron chi connectivity index (χ3n) is 4.40. The van der Waals surface area contributed by atoms with Gasteiger partial charge in [-0.1, -0.05) is 0 Å². The Balaban J connectivity index is 1.71. The summed E-state index contributed by atoms with van der Waals surface area (Å²) in [6, 6.07) is 10.1. The first-order valence-electron chi connectivity index (χ1n) is 8.03. The van der Waals surface area contributed by atoms with Gasteiger partial charge in [-0.25, -0.2) is 4.39 Å². The van der Waals surface area contributed by atoms with Crippen molar-refractivity contribution in [3.63, 3.8) is 0 Å². The lowest BCUT2D eigenvalue weighted by Gasteiger charge is -2.15. The van der Waals surface area contributed by atoms with Crippen molar-refractivity contribution in [2.75, 3.05) is 13.1 Å². The first-order chi connectivity index (χ1) is 11.7. The number of pyridine rings is 2. The highest BCUT2D eigenvalue weighted by Gasteiger charge is 2.20. The van der Waals surface area contributed by atoms with Gasteiger partial charge in [-0.3, -0.25) is 14.8 Å². The monoisotopic (exact) mass is 321 g/mol. The van der Waals surface area contributed by atoms with Crippen LogP contribution < -0.4 is 0 Å². The standard InChI is InChI=1S/C19H16FN3O/c20-16-7-6-15(18-14(16)4-3-9-21-18)17-8-5-13(12-22-17)19(24)23-10-1-2-11-23/h3-9,12H,1-2,10-11H2. The number of hydrogen-bond donors (Lipinski definition) is 0. The summed E-state index contributed by atoms with van der Waals surface area (Å²) in [4.78, 5) is 22.9. The summed E-state index contributed by atoms with van der Waals surface area (Å²) in [5.74, 6) is -0.281. The fourth-order valence-corrected chi connectivity index (χ4v) is 3.13. The van der Waals surface area contributed by atoms with E-state index in [0.29, 0.717) is 22.2 Å². The van der Waals surface area contributed by atoms with Crippen LogP contribution in [0, 0.1) is 5.82 Å². The molecule has 0 atom stereocenters. The second-order valence-electron chi connectivity index (χ2n) is 5.93. The van der Waals surface area contributed by atoms with Crippen molar-refractivity contribution in [3.8, 4) is 11.3 Å². The average molecular weight is 321 g/mol. The van der Waals surface area contributed by atoms with Crippen LogP contribution >= 0.6 is 0 Å². The fourth-order valence-electron chi connectivity index (χ4n) is 3.13. The molecule has 0 radical (unpaired) electrons. The maximum atomic E-state index is 13.9. The summed E-state index contributed by atoms with van der Waals surface area (Å²) < 4.78 is 13.9. The Bertz CT molecular complexity index is 902. The maximum absolute atomic E-state index is 13.9. The highest BCUT2D eigenvalue weighted by Crippen LogP contribution is 2.27. The van der Waals surface area contributed by atoms with Crippen LogP contribution in [0.15, 0.2) is 48.8 Å². The Hall–Kier alpha value is -2.82. The van der Waals surface area contributed by atoms with E-state index in [-0.39, 0.29) is 11.7 Å². The van der Waals surface area contributed by atoms with Gasteiger partial charge in [0.15, 0.2) is 0 Å². The van der Waals surface area contributed by atoms with E-state index >= 15 is 0 Å². The molecule has 24 heavy (non-hydrogen) atoms. The van der Waals surface area contributed by atoms with E-state index in [1.807, 2.05) is 4.90 Å². The topological polar surface area (TPSA) is 46.1 Å². The number of amides is 1. The number of hydrogen-bond acceptors (Lipinski definition) is 3. The highest BCUT2D eigenvalue weighted by molar-refractivity contribution is 5.96. The zero-order valence-electron chi connectivity index (χ0n) is 13.1. The molecule has 3 aromatic rings. The molecule has 0 bridgehead atoms. The Labute approximate surface area is 139 Å². The third-order valence-corrected chi connectivity index (χ3v) is 4.40. The maximum Gasteiger partial charge on any atom is 0.255 e. The molecule has 0 aliphatic carbocycles. The molecular weight excluding hydrogens is 305 g/mol. The van der Waals surface area contributed by atoms with Gasteiger partial charge < -0.3 is 4.90 Å². The van der Waals surface area contributed by atoms with Crippen molar-refractivity contribution in [3.05, 3.63) is 60.2 Å². The Morgan fingerprint density at radius 2 is 1.88 bits per heavy atom. The molecule has 1 fully saturated rings. The summed E-state index contributed by atoms with van der Waals surface area (Å²) in [6.45, 7) is 1.63. The second kappa shape index (κ2) is 6.00.